The van der Waals surface area contributed by atoms with Crippen molar-refractivity contribution in [2.75, 3.05) is 38.2 Å². The monoisotopic (exact) mass is 220 g/mol. The molecule has 0 atom stereocenters. The van der Waals surface area contributed by atoms with Gasteiger partial charge in [-0.15, -0.1) is 0 Å². The molecule has 0 aliphatic carbocycles. The predicted molar refractivity (Wildman–Crippen MR) is 67.3 cm³/mol. The Labute approximate surface area is 97.4 Å². The fourth-order valence-corrected chi connectivity index (χ4v) is 2.14. The lowest BCUT2D eigenvalue weighted by Gasteiger charge is -2.28. The summed E-state index contributed by atoms with van der Waals surface area (Å²) in [5, 5.41) is 3.44. The largest absolute Gasteiger partial charge is 0.495 e. The Bertz CT molecular complexity index is 319. The number of benzene rings is 1. The third-order valence-electron chi connectivity index (χ3n) is 3.02. The lowest BCUT2D eigenvalue weighted by Crippen LogP contribution is -2.36. The van der Waals surface area contributed by atoms with Crippen LogP contribution in [0.1, 0.15) is 12.8 Å². The van der Waals surface area contributed by atoms with E-state index in [2.05, 4.69) is 22.3 Å². The van der Waals surface area contributed by atoms with Gasteiger partial charge in [-0.05, 0) is 31.5 Å². The van der Waals surface area contributed by atoms with Crippen LogP contribution in [-0.4, -0.2) is 33.3 Å². The van der Waals surface area contributed by atoms with E-state index >= 15 is 0 Å². The zero-order chi connectivity index (χ0) is 11.2. The fraction of sp³-hybridized carbons (Fsp3) is 0.538. The molecule has 1 fully saturated rings. The van der Waals surface area contributed by atoms with Crippen LogP contribution < -0.4 is 15.0 Å². The summed E-state index contributed by atoms with van der Waals surface area (Å²) in [5.41, 5.74) is 1.22. The van der Waals surface area contributed by atoms with Crippen LogP contribution in [0.5, 0.6) is 5.75 Å². The third-order valence-corrected chi connectivity index (χ3v) is 3.02. The highest BCUT2D eigenvalue weighted by Crippen LogP contribution is 2.27. The van der Waals surface area contributed by atoms with Crippen molar-refractivity contribution in [3.63, 3.8) is 0 Å². The molecule has 1 aliphatic heterocycles. The van der Waals surface area contributed by atoms with Gasteiger partial charge in [-0.3, -0.25) is 0 Å². The van der Waals surface area contributed by atoms with Crippen LogP contribution >= 0.6 is 0 Å². The second-order valence-electron chi connectivity index (χ2n) is 4.12. The molecule has 1 N–H and O–H groups in total. The topological polar surface area (TPSA) is 24.5 Å². The molecule has 3 nitrogen and oxygen atoms in total. The molecule has 3 heteroatoms. The highest BCUT2D eigenvalue weighted by atomic mass is 16.5. The molecular formula is C13H20N2O. The van der Waals surface area contributed by atoms with Crippen molar-refractivity contribution in [2.24, 2.45) is 0 Å². The normalized spacial score (nSPS) is 17.7. The maximum absolute atomic E-state index is 5.41. The summed E-state index contributed by atoms with van der Waals surface area (Å²) >= 11 is 0. The fourth-order valence-electron chi connectivity index (χ4n) is 2.14. The first kappa shape index (κ1) is 11.3. The van der Waals surface area contributed by atoms with Crippen molar-refractivity contribution in [2.45, 2.75) is 12.8 Å². The van der Waals surface area contributed by atoms with Crippen LogP contribution in [0.15, 0.2) is 24.3 Å². The van der Waals surface area contributed by atoms with Crippen molar-refractivity contribution in [1.29, 1.82) is 0 Å². The van der Waals surface area contributed by atoms with Gasteiger partial charge >= 0.3 is 0 Å². The smallest absolute Gasteiger partial charge is 0.142 e. The molecule has 0 aromatic heterocycles. The highest BCUT2D eigenvalue weighted by Gasteiger charge is 2.12. The average molecular weight is 220 g/mol. The third kappa shape index (κ3) is 2.67. The van der Waals surface area contributed by atoms with Gasteiger partial charge < -0.3 is 15.0 Å². The zero-order valence-electron chi connectivity index (χ0n) is 9.91. The van der Waals surface area contributed by atoms with Crippen LogP contribution in [-0.2, 0) is 0 Å². The van der Waals surface area contributed by atoms with Crippen LogP contribution in [0.2, 0.25) is 0 Å². The van der Waals surface area contributed by atoms with E-state index in [1.807, 2.05) is 12.1 Å². The van der Waals surface area contributed by atoms with Gasteiger partial charge in [0, 0.05) is 19.6 Å². The van der Waals surface area contributed by atoms with Crippen molar-refractivity contribution < 1.29 is 4.74 Å². The van der Waals surface area contributed by atoms with Gasteiger partial charge in [0.2, 0.25) is 0 Å². The number of anilines is 1. The molecule has 16 heavy (non-hydrogen) atoms. The molecule has 0 radical (unpaired) electrons. The van der Waals surface area contributed by atoms with E-state index in [4.69, 9.17) is 4.74 Å². The molecule has 0 saturated carbocycles. The Kier molecular flexibility index (Phi) is 4.05. The molecule has 2 rings (SSSR count). The standard InChI is InChI=1S/C13H20N2O/c1-16-13-7-3-2-6-12(13)15-10-5-4-8-14-9-11-15/h2-3,6-7,14H,4-5,8-11H2,1H3. The second kappa shape index (κ2) is 5.75. The van der Waals surface area contributed by atoms with Gasteiger partial charge in [-0.2, -0.15) is 0 Å². The SMILES string of the molecule is COc1ccccc1N1CCCCNCC1. The number of hydrogen-bond donors (Lipinski definition) is 1. The molecule has 0 bridgehead atoms. The van der Waals surface area contributed by atoms with E-state index in [1.165, 1.54) is 18.5 Å². The Morgan fingerprint density at radius 3 is 2.88 bits per heavy atom. The summed E-state index contributed by atoms with van der Waals surface area (Å²) in [6.07, 6.45) is 2.50. The van der Waals surface area contributed by atoms with Gasteiger partial charge in [0.15, 0.2) is 0 Å². The Hall–Kier alpha value is -1.22. The van der Waals surface area contributed by atoms with E-state index in [-0.39, 0.29) is 0 Å². The molecule has 1 aromatic carbocycles. The second-order valence-corrected chi connectivity index (χ2v) is 4.12. The highest BCUT2D eigenvalue weighted by molar-refractivity contribution is 5.58. The van der Waals surface area contributed by atoms with Gasteiger partial charge in [-0.1, -0.05) is 12.1 Å². The van der Waals surface area contributed by atoms with E-state index in [1.54, 1.807) is 7.11 Å². The first-order valence-electron chi connectivity index (χ1n) is 6.00. The zero-order valence-corrected chi connectivity index (χ0v) is 9.91. The molecule has 1 heterocycles. The van der Waals surface area contributed by atoms with Crippen molar-refractivity contribution in [3.05, 3.63) is 24.3 Å². The lowest BCUT2D eigenvalue weighted by molar-refractivity contribution is 0.413. The molecule has 1 saturated heterocycles. The number of methoxy groups -OCH3 is 1. The van der Waals surface area contributed by atoms with Crippen LogP contribution in [0.3, 0.4) is 0 Å². The van der Waals surface area contributed by atoms with Crippen molar-refractivity contribution in [1.82, 2.24) is 5.32 Å². The van der Waals surface area contributed by atoms with Crippen LogP contribution in [0.4, 0.5) is 5.69 Å². The number of hydrogen-bond acceptors (Lipinski definition) is 3. The molecule has 88 valence electrons. The summed E-state index contributed by atoms with van der Waals surface area (Å²) in [6, 6.07) is 8.26. The summed E-state index contributed by atoms with van der Waals surface area (Å²) in [7, 11) is 1.74. The average Bonchev–Trinajstić information content (AvgIpc) is 2.29. The van der Waals surface area contributed by atoms with Crippen LogP contribution in [0, 0.1) is 0 Å². The molecule has 0 spiro atoms. The Balaban J connectivity index is 2.13. The Morgan fingerprint density at radius 2 is 2.00 bits per heavy atom. The van der Waals surface area contributed by atoms with Crippen molar-refractivity contribution >= 4 is 5.69 Å². The van der Waals surface area contributed by atoms with Crippen molar-refractivity contribution in [3.8, 4) is 5.75 Å². The molecule has 1 aliphatic rings. The first-order valence-corrected chi connectivity index (χ1v) is 6.00. The summed E-state index contributed by atoms with van der Waals surface area (Å²) in [5.74, 6) is 0.975. The summed E-state index contributed by atoms with van der Waals surface area (Å²) in [6.45, 7) is 4.39. The van der Waals surface area contributed by atoms with Gasteiger partial charge in [-0.25, -0.2) is 0 Å². The summed E-state index contributed by atoms with van der Waals surface area (Å²) in [4.78, 5) is 2.41. The lowest BCUT2D eigenvalue weighted by atomic mass is 10.2. The molecular weight excluding hydrogens is 200 g/mol. The van der Waals surface area contributed by atoms with E-state index in [0.29, 0.717) is 0 Å². The van der Waals surface area contributed by atoms with Crippen LogP contribution in [0.25, 0.3) is 0 Å². The predicted octanol–water partition coefficient (Wildman–Crippen LogP) is 1.88. The Morgan fingerprint density at radius 1 is 1.12 bits per heavy atom. The molecule has 1 aromatic rings. The number of para-hydroxylation sites is 2. The molecule has 0 unspecified atom stereocenters. The maximum atomic E-state index is 5.41. The number of rotatable bonds is 2. The minimum absolute atomic E-state index is 0.975. The maximum Gasteiger partial charge on any atom is 0.142 e. The van der Waals surface area contributed by atoms with Gasteiger partial charge in [0.05, 0.1) is 12.8 Å². The summed E-state index contributed by atoms with van der Waals surface area (Å²) < 4.78 is 5.41. The van der Waals surface area contributed by atoms with Gasteiger partial charge in [0.1, 0.15) is 5.75 Å². The van der Waals surface area contributed by atoms with E-state index < -0.39 is 0 Å². The van der Waals surface area contributed by atoms with E-state index in [9.17, 15) is 0 Å². The number of nitrogens with zero attached hydrogens (tertiary/aromatic N) is 1. The quantitative estimate of drug-likeness (QED) is 0.823. The van der Waals surface area contributed by atoms with Gasteiger partial charge in [0.25, 0.3) is 0 Å². The minimum atomic E-state index is 0.975. The minimum Gasteiger partial charge on any atom is -0.495 e. The number of nitrogens with one attached hydrogen (secondary N) is 1. The molecule has 0 amide bonds. The first-order chi connectivity index (χ1) is 7.92. The number of ether oxygens (including phenoxy) is 1. The van der Waals surface area contributed by atoms with E-state index in [0.717, 1.165) is 31.9 Å².